The van der Waals surface area contributed by atoms with Gasteiger partial charge in [0.05, 0.1) is 18.8 Å². The Balaban J connectivity index is 1.61. The lowest BCUT2D eigenvalue weighted by molar-refractivity contribution is 0.0164. The number of amides is 1. The summed E-state index contributed by atoms with van der Waals surface area (Å²) in [5.41, 5.74) is 7.25. The molecule has 3 N–H and O–H groups in total. The molecule has 162 valence electrons. The molecule has 0 bridgehead atoms. The van der Waals surface area contributed by atoms with E-state index in [-0.39, 0.29) is 24.6 Å². The van der Waals surface area contributed by atoms with Gasteiger partial charge in [-0.3, -0.25) is 4.79 Å². The van der Waals surface area contributed by atoms with Crippen molar-refractivity contribution in [3.05, 3.63) is 95.6 Å². The Morgan fingerprint density at radius 2 is 1.52 bits per heavy atom. The van der Waals surface area contributed by atoms with Crippen molar-refractivity contribution in [1.29, 1.82) is 0 Å². The number of benzene rings is 3. The summed E-state index contributed by atoms with van der Waals surface area (Å²) < 4.78 is 5.91. The number of ether oxygens (including phenoxy) is 1. The number of hydrogen-bond donors (Lipinski definition) is 3. The molecule has 3 aromatic rings. The highest BCUT2D eigenvalue weighted by molar-refractivity contribution is 5.95. The minimum absolute atomic E-state index is 0.184. The molecular weight excluding hydrogens is 388 g/mol. The van der Waals surface area contributed by atoms with E-state index in [1.807, 2.05) is 61.5 Å². The Bertz CT molecular complexity index is 941. The quantitative estimate of drug-likeness (QED) is 0.421. The van der Waals surface area contributed by atoms with Crippen LogP contribution in [0.2, 0.25) is 0 Å². The van der Waals surface area contributed by atoms with Crippen LogP contribution >= 0.6 is 0 Å². The molecule has 0 saturated heterocycles. The van der Waals surface area contributed by atoms with E-state index in [4.69, 9.17) is 4.74 Å². The van der Waals surface area contributed by atoms with Crippen molar-refractivity contribution in [3.63, 3.8) is 0 Å². The van der Waals surface area contributed by atoms with Crippen molar-refractivity contribution in [2.24, 2.45) is 0 Å². The first kappa shape index (κ1) is 22.7. The molecule has 0 radical (unpaired) electrons. The number of hydroxylamine groups is 1. The summed E-state index contributed by atoms with van der Waals surface area (Å²) in [6.07, 6.45) is 0.719. The topological polar surface area (TPSA) is 70.6 Å². The number of nitrogens with one attached hydrogen (secondary N) is 2. The first-order valence-electron chi connectivity index (χ1n) is 10.6. The zero-order chi connectivity index (χ0) is 22.1. The fraction of sp³-hybridized carbons (Fsp3) is 0.269. The molecule has 0 aliphatic heterocycles. The van der Waals surface area contributed by atoms with Crippen LogP contribution in [0.5, 0.6) is 0 Å². The van der Waals surface area contributed by atoms with Crippen molar-refractivity contribution >= 4 is 5.91 Å². The van der Waals surface area contributed by atoms with Gasteiger partial charge in [0.15, 0.2) is 0 Å². The summed E-state index contributed by atoms with van der Waals surface area (Å²) in [4.78, 5) is 12.8. The van der Waals surface area contributed by atoms with Crippen molar-refractivity contribution in [3.8, 4) is 11.1 Å². The molecule has 0 unspecified atom stereocenters. The second kappa shape index (κ2) is 11.4. The first-order chi connectivity index (χ1) is 15.1. The van der Waals surface area contributed by atoms with E-state index in [2.05, 4.69) is 42.0 Å². The SMILES string of the molecule is CCc1ccc(-c2ccc(C(=O)N[C@H](CNO)[C@@H](C)OCc3ccccc3)cc2)cc1. The highest BCUT2D eigenvalue weighted by atomic mass is 16.5. The zero-order valence-corrected chi connectivity index (χ0v) is 18.0. The Morgan fingerprint density at radius 1 is 0.903 bits per heavy atom. The van der Waals surface area contributed by atoms with E-state index in [9.17, 15) is 10.0 Å². The van der Waals surface area contributed by atoms with E-state index < -0.39 is 0 Å². The van der Waals surface area contributed by atoms with E-state index >= 15 is 0 Å². The average molecular weight is 419 g/mol. The van der Waals surface area contributed by atoms with E-state index in [1.165, 1.54) is 5.56 Å². The van der Waals surface area contributed by atoms with Gasteiger partial charge in [0.2, 0.25) is 0 Å². The normalized spacial score (nSPS) is 12.9. The van der Waals surface area contributed by atoms with Gasteiger partial charge in [-0.25, -0.2) is 5.48 Å². The molecule has 5 heteroatoms. The predicted octanol–water partition coefficient (Wildman–Crippen LogP) is 4.60. The maximum Gasteiger partial charge on any atom is 0.251 e. The Labute approximate surface area is 184 Å². The fourth-order valence-electron chi connectivity index (χ4n) is 3.35. The third kappa shape index (κ3) is 6.49. The summed E-state index contributed by atoms with van der Waals surface area (Å²) in [5, 5.41) is 12.2. The monoisotopic (exact) mass is 418 g/mol. The molecule has 0 heterocycles. The standard InChI is InChI=1S/C26H30N2O3/c1-3-20-9-11-22(12-10-20)23-13-15-24(16-14-23)26(29)28-25(17-27-30)19(2)31-18-21-7-5-4-6-8-21/h4-16,19,25,27,30H,3,17-18H2,1-2H3,(H,28,29)/t19-,25-/m1/s1. The smallest absolute Gasteiger partial charge is 0.251 e. The fourth-order valence-corrected chi connectivity index (χ4v) is 3.35. The number of carbonyl (C=O) groups is 1. The van der Waals surface area contributed by atoms with Gasteiger partial charge in [-0.15, -0.1) is 0 Å². The van der Waals surface area contributed by atoms with Gasteiger partial charge < -0.3 is 15.3 Å². The van der Waals surface area contributed by atoms with Crippen LogP contribution in [0.3, 0.4) is 0 Å². The molecule has 0 aliphatic rings. The van der Waals surface area contributed by atoms with Crippen molar-refractivity contribution < 1.29 is 14.7 Å². The lowest BCUT2D eigenvalue weighted by Gasteiger charge is -2.25. The van der Waals surface area contributed by atoms with Crippen LogP contribution in [0.15, 0.2) is 78.9 Å². The van der Waals surface area contributed by atoms with Gasteiger partial charge in [-0.2, -0.15) is 0 Å². The highest BCUT2D eigenvalue weighted by Crippen LogP contribution is 2.21. The predicted molar refractivity (Wildman–Crippen MR) is 123 cm³/mol. The van der Waals surface area contributed by atoms with E-state index in [1.54, 1.807) is 0 Å². The van der Waals surface area contributed by atoms with Gasteiger partial charge in [-0.1, -0.05) is 73.7 Å². The first-order valence-corrected chi connectivity index (χ1v) is 10.6. The van der Waals surface area contributed by atoms with Crippen LogP contribution in [0.25, 0.3) is 11.1 Å². The molecular formula is C26H30N2O3. The van der Waals surface area contributed by atoms with Crippen LogP contribution in [0.4, 0.5) is 0 Å². The Morgan fingerprint density at radius 3 is 2.10 bits per heavy atom. The van der Waals surface area contributed by atoms with Crippen LogP contribution < -0.4 is 10.8 Å². The molecule has 0 saturated carbocycles. The third-order valence-corrected chi connectivity index (χ3v) is 5.39. The van der Waals surface area contributed by atoms with Crippen LogP contribution in [0, 0.1) is 0 Å². The average Bonchev–Trinajstić information content (AvgIpc) is 2.83. The summed E-state index contributed by atoms with van der Waals surface area (Å²) in [6, 6.07) is 25.4. The summed E-state index contributed by atoms with van der Waals surface area (Å²) >= 11 is 0. The van der Waals surface area contributed by atoms with Crippen molar-refractivity contribution in [2.75, 3.05) is 6.54 Å². The molecule has 0 aliphatic carbocycles. The largest absolute Gasteiger partial charge is 0.372 e. The molecule has 31 heavy (non-hydrogen) atoms. The van der Waals surface area contributed by atoms with Gasteiger partial charge in [0, 0.05) is 12.1 Å². The molecule has 2 atom stereocenters. The Kier molecular flexibility index (Phi) is 8.35. The molecule has 5 nitrogen and oxygen atoms in total. The molecule has 1 amide bonds. The maximum absolute atomic E-state index is 12.8. The van der Waals surface area contributed by atoms with Crippen LogP contribution in [0.1, 0.15) is 35.3 Å². The zero-order valence-electron chi connectivity index (χ0n) is 18.0. The van der Waals surface area contributed by atoms with E-state index in [0.29, 0.717) is 12.2 Å². The third-order valence-electron chi connectivity index (χ3n) is 5.39. The summed E-state index contributed by atoms with van der Waals surface area (Å²) in [5.74, 6) is -0.205. The second-order valence-electron chi connectivity index (χ2n) is 7.57. The summed E-state index contributed by atoms with van der Waals surface area (Å²) in [6.45, 7) is 4.64. The van der Waals surface area contributed by atoms with E-state index in [0.717, 1.165) is 23.1 Å². The minimum atomic E-state index is -0.387. The molecule has 0 aromatic heterocycles. The van der Waals surface area contributed by atoms with Crippen LogP contribution in [-0.4, -0.2) is 29.8 Å². The lowest BCUT2D eigenvalue weighted by Crippen LogP contribution is -2.48. The van der Waals surface area contributed by atoms with Gasteiger partial charge in [0.1, 0.15) is 0 Å². The number of aryl methyl sites for hydroxylation is 1. The second-order valence-corrected chi connectivity index (χ2v) is 7.57. The Hall–Kier alpha value is -2.99. The number of carbonyl (C=O) groups excluding carboxylic acids is 1. The lowest BCUT2D eigenvalue weighted by atomic mass is 10.0. The minimum Gasteiger partial charge on any atom is -0.372 e. The number of hydrogen-bond acceptors (Lipinski definition) is 4. The number of rotatable bonds is 10. The van der Waals surface area contributed by atoms with Gasteiger partial charge in [0.25, 0.3) is 5.91 Å². The van der Waals surface area contributed by atoms with Gasteiger partial charge >= 0.3 is 0 Å². The molecule has 3 rings (SSSR count). The maximum atomic E-state index is 12.8. The van der Waals surface area contributed by atoms with Gasteiger partial charge in [-0.05, 0) is 47.7 Å². The molecule has 0 fully saturated rings. The van der Waals surface area contributed by atoms with Crippen molar-refractivity contribution in [1.82, 2.24) is 10.8 Å². The molecule has 0 spiro atoms. The molecule has 3 aromatic carbocycles. The van der Waals surface area contributed by atoms with Crippen LogP contribution in [-0.2, 0) is 17.8 Å². The van der Waals surface area contributed by atoms with Crippen molar-refractivity contribution in [2.45, 2.75) is 39.0 Å². The highest BCUT2D eigenvalue weighted by Gasteiger charge is 2.21. The summed E-state index contributed by atoms with van der Waals surface area (Å²) in [7, 11) is 0.